The Morgan fingerprint density at radius 2 is 1.96 bits per heavy atom. The fourth-order valence-corrected chi connectivity index (χ4v) is 2.86. The van der Waals surface area contributed by atoms with E-state index in [4.69, 9.17) is 14.2 Å². The second kappa shape index (κ2) is 6.49. The number of rotatable bonds is 3. The van der Waals surface area contributed by atoms with E-state index < -0.39 is 0 Å². The molecule has 1 aromatic heterocycles. The zero-order valence-electron chi connectivity index (χ0n) is 13.2. The molecule has 124 valence electrons. The SMILES string of the molecule is O=C(Nc1cccc(-c2ccc3c(c2)OCCO3)n1)[C@H]1CCCO1. The van der Waals surface area contributed by atoms with Gasteiger partial charge in [0.1, 0.15) is 25.1 Å². The van der Waals surface area contributed by atoms with Crippen LogP contribution in [0.4, 0.5) is 5.82 Å². The van der Waals surface area contributed by atoms with E-state index in [1.807, 2.05) is 30.3 Å². The van der Waals surface area contributed by atoms with Crippen molar-refractivity contribution in [2.24, 2.45) is 0 Å². The quantitative estimate of drug-likeness (QED) is 0.939. The molecule has 1 saturated heterocycles. The minimum atomic E-state index is -0.371. The van der Waals surface area contributed by atoms with Crippen molar-refractivity contribution in [1.82, 2.24) is 4.98 Å². The number of aromatic nitrogens is 1. The van der Waals surface area contributed by atoms with Crippen LogP contribution in [0.25, 0.3) is 11.3 Å². The van der Waals surface area contributed by atoms with Crippen LogP contribution in [0.1, 0.15) is 12.8 Å². The Balaban J connectivity index is 1.55. The number of anilines is 1. The lowest BCUT2D eigenvalue weighted by molar-refractivity contribution is -0.124. The summed E-state index contributed by atoms with van der Waals surface area (Å²) in [6.07, 6.45) is 1.31. The van der Waals surface area contributed by atoms with Crippen LogP contribution in [0, 0.1) is 0 Å². The van der Waals surface area contributed by atoms with Crippen LogP contribution < -0.4 is 14.8 Å². The molecule has 1 fully saturated rings. The molecule has 1 atom stereocenters. The zero-order chi connectivity index (χ0) is 16.4. The van der Waals surface area contributed by atoms with Crippen molar-refractivity contribution in [3.8, 4) is 22.8 Å². The van der Waals surface area contributed by atoms with Crippen LogP contribution in [-0.2, 0) is 9.53 Å². The predicted molar refractivity (Wildman–Crippen MR) is 88.3 cm³/mol. The molecule has 0 aliphatic carbocycles. The lowest BCUT2D eigenvalue weighted by Crippen LogP contribution is -2.27. The molecule has 0 radical (unpaired) electrons. The Morgan fingerprint density at radius 3 is 2.79 bits per heavy atom. The molecule has 24 heavy (non-hydrogen) atoms. The van der Waals surface area contributed by atoms with Crippen molar-refractivity contribution in [2.75, 3.05) is 25.1 Å². The summed E-state index contributed by atoms with van der Waals surface area (Å²) >= 11 is 0. The van der Waals surface area contributed by atoms with Gasteiger partial charge in [0.25, 0.3) is 5.91 Å². The summed E-state index contributed by atoms with van der Waals surface area (Å²) in [5.41, 5.74) is 1.67. The molecule has 4 rings (SSSR count). The second-order valence-electron chi connectivity index (χ2n) is 5.76. The number of pyridine rings is 1. The highest BCUT2D eigenvalue weighted by atomic mass is 16.6. The smallest absolute Gasteiger partial charge is 0.254 e. The van der Waals surface area contributed by atoms with E-state index >= 15 is 0 Å². The number of fused-ring (bicyclic) bond motifs is 1. The highest BCUT2D eigenvalue weighted by molar-refractivity contribution is 5.93. The molecule has 1 aromatic carbocycles. The standard InChI is InChI=1S/C18H18N2O4/c21-18(15-4-2-8-22-15)20-17-5-1-3-13(19-17)12-6-7-14-16(11-12)24-10-9-23-14/h1,3,5-7,11,15H,2,4,8-10H2,(H,19,20,21)/t15-/m1/s1. The first kappa shape index (κ1) is 15.0. The fraction of sp³-hybridized carbons (Fsp3) is 0.333. The molecule has 2 aliphatic rings. The average Bonchev–Trinajstić information content (AvgIpc) is 3.16. The summed E-state index contributed by atoms with van der Waals surface area (Å²) < 4.78 is 16.5. The van der Waals surface area contributed by atoms with Crippen LogP contribution in [-0.4, -0.2) is 36.8 Å². The van der Waals surface area contributed by atoms with Gasteiger partial charge in [0.2, 0.25) is 0 Å². The highest BCUT2D eigenvalue weighted by Gasteiger charge is 2.23. The van der Waals surface area contributed by atoms with Gasteiger partial charge in [-0.1, -0.05) is 6.07 Å². The number of carbonyl (C=O) groups is 1. The van der Waals surface area contributed by atoms with Gasteiger partial charge in [-0.2, -0.15) is 0 Å². The number of carbonyl (C=O) groups excluding carboxylic acids is 1. The van der Waals surface area contributed by atoms with Crippen LogP contribution >= 0.6 is 0 Å². The molecule has 0 spiro atoms. The molecule has 3 heterocycles. The summed E-state index contributed by atoms with van der Waals surface area (Å²) in [7, 11) is 0. The van der Waals surface area contributed by atoms with Crippen LogP contribution in [0.2, 0.25) is 0 Å². The number of benzene rings is 1. The van der Waals surface area contributed by atoms with Crippen LogP contribution in [0.15, 0.2) is 36.4 Å². The van der Waals surface area contributed by atoms with Gasteiger partial charge >= 0.3 is 0 Å². The Hall–Kier alpha value is -2.60. The lowest BCUT2D eigenvalue weighted by atomic mass is 10.1. The maximum absolute atomic E-state index is 12.1. The lowest BCUT2D eigenvalue weighted by Gasteiger charge is -2.18. The second-order valence-corrected chi connectivity index (χ2v) is 5.76. The minimum absolute atomic E-state index is 0.140. The molecule has 2 aromatic rings. The van der Waals surface area contributed by atoms with Gasteiger partial charge in [-0.15, -0.1) is 0 Å². The summed E-state index contributed by atoms with van der Waals surface area (Å²) in [5.74, 6) is 1.84. The van der Waals surface area contributed by atoms with Crippen molar-refractivity contribution < 1.29 is 19.0 Å². The number of amides is 1. The maximum atomic E-state index is 12.1. The molecule has 0 unspecified atom stereocenters. The fourth-order valence-electron chi connectivity index (χ4n) is 2.86. The summed E-state index contributed by atoms with van der Waals surface area (Å²) in [6, 6.07) is 11.2. The molecule has 0 bridgehead atoms. The number of hydrogen-bond acceptors (Lipinski definition) is 5. The molecule has 2 aliphatic heterocycles. The summed E-state index contributed by atoms with van der Waals surface area (Å²) in [4.78, 5) is 16.7. The van der Waals surface area contributed by atoms with Gasteiger partial charge in [-0.3, -0.25) is 4.79 Å². The van der Waals surface area contributed by atoms with E-state index in [0.717, 1.165) is 29.8 Å². The van der Waals surface area contributed by atoms with Crippen molar-refractivity contribution in [2.45, 2.75) is 18.9 Å². The van der Waals surface area contributed by atoms with Gasteiger partial charge in [-0.05, 0) is 43.2 Å². The van der Waals surface area contributed by atoms with Gasteiger partial charge in [0, 0.05) is 12.2 Å². The highest BCUT2D eigenvalue weighted by Crippen LogP contribution is 2.34. The van der Waals surface area contributed by atoms with Crippen molar-refractivity contribution in [3.63, 3.8) is 0 Å². The zero-order valence-corrected chi connectivity index (χ0v) is 13.2. The molecular formula is C18H18N2O4. The maximum Gasteiger partial charge on any atom is 0.254 e. The Morgan fingerprint density at radius 1 is 1.08 bits per heavy atom. The molecule has 1 amide bonds. The molecule has 6 heteroatoms. The molecule has 6 nitrogen and oxygen atoms in total. The van der Waals surface area contributed by atoms with E-state index in [1.165, 1.54) is 0 Å². The van der Waals surface area contributed by atoms with Crippen molar-refractivity contribution in [3.05, 3.63) is 36.4 Å². The number of ether oxygens (including phenoxy) is 3. The molecular weight excluding hydrogens is 308 g/mol. The first-order valence-electron chi connectivity index (χ1n) is 8.09. The monoisotopic (exact) mass is 326 g/mol. The molecule has 0 saturated carbocycles. The van der Waals surface area contributed by atoms with Gasteiger partial charge in [0.15, 0.2) is 11.5 Å². The van der Waals surface area contributed by atoms with E-state index in [0.29, 0.717) is 31.4 Å². The van der Waals surface area contributed by atoms with Crippen molar-refractivity contribution in [1.29, 1.82) is 0 Å². The van der Waals surface area contributed by atoms with Gasteiger partial charge in [-0.25, -0.2) is 4.98 Å². The van der Waals surface area contributed by atoms with Gasteiger partial charge in [0.05, 0.1) is 5.69 Å². The Kier molecular flexibility index (Phi) is 4.04. The van der Waals surface area contributed by atoms with Gasteiger partial charge < -0.3 is 19.5 Å². The van der Waals surface area contributed by atoms with Crippen LogP contribution in [0.5, 0.6) is 11.5 Å². The molecule has 1 N–H and O–H groups in total. The summed E-state index contributed by atoms with van der Waals surface area (Å²) in [6.45, 7) is 1.75. The first-order valence-corrected chi connectivity index (χ1v) is 8.09. The number of hydrogen-bond donors (Lipinski definition) is 1. The Bertz CT molecular complexity index is 756. The van der Waals surface area contributed by atoms with Crippen molar-refractivity contribution >= 4 is 11.7 Å². The van der Waals surface area contributed by atoms with Crippen LogP contribution in [0.3, 0.4) is 0 Å². The van der Waals surface area contributed by atoms with E-state index in [2.05, 4.69) is 10.3 Å². The third-order valence-electron chi connectivity index (χ3n) is 4.06. The first-order chi connectivity index (χ1) is 11.8. The van der Waals surface area contributed by atoms with E-state index in [1.54, 1.807) is 6.07 Å². The average molecular weight is 326 g/mol. The summed E-state index contributed by atoms with van der Waals surface area (Å²) in [5, 5.41) is 2.83. The minimum Gasteiger partial charge on any atom is -0.486 e. The normalized spacial score (nSPS) is 19.1. The topological polar surface area (TPSA) is 69.7 Å². The predicted octanol–water partition coefficient (Wildman–Crippen LogP) is 2.64. The third-order valence-corrected chi connectivity index (χ3v) is 4.06. The number of nitrogens with one attached hydrogen (secondary N) is 1. The third kappa shape index (κ3) is 3.05. The van der Waals surface area contributed by atoms with E-state index in [-0.39, 0.29) is 12.0 Å². The van der Waals surface area contributed by atoms with E-state index in [9.17, 15) is 4.79 Å². The largest absolute Gasteiger partial charge is 0.486 e. The Labute approximate surface area is 139 Å². The number of nitrogens with zero attached hydrogens (tertiary/aromatic N) is 1.